The van der Waals surface area contributed by atoms with Crippen LogP contribution in [0.25, 0.3) is 0 Å². The first-order valence-electron chi connectivity index (χ1n) is 10.8. The Hall–Kier alpha value is -0.560. The maximum absolute atomic E-state index is 11.0. The molecule has 3 rings (SSSR count). The molecular weight excluding hydrogens is 430 g/mol. The fourth-order valence-corrected chi connectivity index (χ4v) is 4.43. The third-order valence-corrected chi connectivity index (χ3v) is 6.41. The van der Waals surface area contributed by atoms with Gasteiger partial charge >= 0.3 is 0 Å². The van der Waals surface area contributed by atoms with E-state index in [9.17, 15) is 25.5 Å². The van der Waals surface area contributed by atoms with Gasteiger partial charge in [0.05, 0.1) is 30.9 Å². The van der Waals surface area contributed by atoms with Gasteiger partial charge in [-0.1, -0.05) is 0 Å². The van der Waals surface area contributed by atoms with Crippen molar-refractivity contribution >= 4 is 0 Å². The first-order chi connectivity index (χ1) is 15.1. The average Bonchev–Trinajstić information content (AvgIpc) is 2.75. The van der Waals surface area contributed by atoms with Crippen molar-refractivity contribution in [2.45, 2.75) is 98.4 Å². The average molecular weight is 468 g/mol. The van der Waals surface area contributed by atoms with Crippen molar-refractivity contribution in [3.05, 3.63) is 0 Å². The van der Waals surface area contributed by atoms with Gasteiger partial charge in [-0.15, -0.1) is 0 Å². The van der Waals surface area contributed by atoms with Gasteiger partial charge < -0.3 is 73.1 Å². The largest absolute Gasteiger partial charge is 0.394 e. The second kappa shape index (κ2) is 10.8. The molecule has 0 aromatic heterocycles. The van der Waals surface area contributed by atoms with E-state index in [1.807, 2.05) is 0 Å². The summed E-state index contributed by atoms with van der Waals surface area (Å²) in [4.78, 5) is 0. The number of ether oxygens (including phenoxy) is 4. The first-order valence-corrected chi connectivity index (χ1v) is 10.8. The van der Waals surface area contributed by atoms with E-state index in [4.69, 9.17) is 47.6 Å². The number of hydrogen-bond acceptors (Lipinski definition) is 14. The topological polar surface area (TPSA) is 268 Å². The summed E-state index contributed by atoms with van der Waals surface area (Å²) in [5, 5.41) is 50.7. The summed E-state index contributed by atoms with van der Waals surface area (Å²) in [6, 6.07) is -3.27. The lowest BCUT2D eigenvalue weighted by Crippen LogP contribution is -2.68. The van der Waals surface area contributed by atoms with Gasteiger partial charge in [-0.05, 0) is 12.8 Å². The van der Waals surface area contributed by atoms with Crippen LogP contribution in [-0.4, -0.2) is 124 Å². The van der Waals surface area contributed by atoms with Crippen LogP contribution >= 0.6 is 0 Å². The van der Waals surface area contributed by atoms with Crippen LogP contribution in [0.4, 0.5) is 0 Å². The number of rotatable bonds is 6. The Morgan fingerprint density at radius 2 is 1.28 bits per heavy atom. The molecule has 1 saturated carbocycles. The Bertz CT molecular complexity index is 607. The van der Waals surface area contributed by atoms with Gasteiger partial charge in [0.1, 0.15) is 36.6 Å². The van der Waals surface area contributed by atoms with Gasteiger partial charge in [0.25, 0.3) is 0 Å². The zero-order valence-electron chi connectivity index (χ0n) is 17.7. The monoisotopic (exact) mass is 467 g/mol. The summed E-state index contributed by atoms with van der Waals surface area (Å²) in [5.74, 6) is 0. The summed E-state index contributed by atoms with van der Waals surface area (Å²) in [5.41, 5.74) is 29.8. The smallest absolute Gasteiger partial charge is 0.186 e. The molecule has 14 atom stereocenters. The van der Waals surface area contributed by atoms with Crippen LogP contribution in [-0.2, 0) is 18.9 Å². The highest BCUT2D eigenvalue weighted by Gasteiger charge is 2.50. The SMILES string of the molecule is NC[C@@H]1O[C@H](O[C@@H]2[C@H](O)[C@H](O[C@H]3O[C@@H](CO)[C@@H](O)[C@@H](N)[C@H]3O)[C@H](N)C[C@@H]2N)[C@H](N)C[C@@H]1O. The second-order valence-corrected chi connectivity index (χ2v) is 8.78. The van der Waals surface area contributed by atoms with E-state index >= 15 is 0 Å². The summed E-state index contributed by atoms with van der Waals surface area (Å²) in [6.45, 7) is -0.499. The number of aliphatic hydroxyl groups is 5. The Kier molecular flexibility index (Phi) is 8.79. The van der Waals surface area contributed by atoms with Crippen LogP contribution in [0.1, 0.15) is 12.8 Å². The molecule has 15 N–H and O–H groups in total. The van der Waals surface area contributed by atoms with Crippen molar-refractivity contribution in [3.63, 3.8) is 0 Å². The Morgan fingerprint density at radius 3 is 1.84 bits per heavy atom. The molecule has 1 aliphatic carbocycles. The van der Waals surface area contributed by atoms with E-state index in [0.717, 1.165) is 0 Å². The maximum Gasteiger partial charge on any atom is 0.186 e. The molecular formula is C18H37N5O9. The summed E-state index contributed by atoms with van der Waals surface area (Å²) >= 11 is 0. The van der Waals surface area contributed by atoms with E-state index in [1.165, 1.54) is 0 Å². The lowest BCUT2D eigenvalue weighted by molar-refractivity contribution is -0.314. The molecule has 2 aliphatic heterocycles. The molecule has 0 radical (unpaired) electrons. The third kappa shape index (κ3) is 5.24. The fraction of sp³-hybridized carbons (Fsp3) is 1.00. The summed E-state index contributed by atoms with van der Waals surface area (Å²) < 4.78 is 22.7. The van der Waals surface area contributed by atoms with Crippen molar-refractivity contribution < 1.29 is 44.5 Å². The predicted octanol–water partition coefficient (Wildman–Crippen LogP) is -6.30. The standard InChI is InChI=1S/C18H37N5O9/c19-3-9-8(25)2-7(22)17(29-9)31-15-5(20)1-6(21)16(14(15)28)32-18-13(27)11(23)12(26)10(4-24)30-18/h5-18,24-28H,1-4,19-23H2/t5-,6+,7+,8-,9-,10-,11+,12+,13+,14-,15-,16+,17+,18+/m0/s1. The molecule has 3 aliphatic rings. The normalized spacial score (nSPS) is 52.7. The molecule has 32 heavy (non-hydrogen) atoms. The van der Waals surface area contributed by atoms with Crippen LogP contribution in [0.5, 0.6) is 0 Å². The molecule has 188 valence electrons. The molecule has 0 aromatic rings. The van der Waals surface area contributed by atoms with Crippen LogP contribution in [0, 0.1) is 0 Å². The minimum Gasteiger partial charge on any atom is -0.394 e. The second-order valence-electron chi connectivity index (χ2n) is 8.78. The maximum atomic E-state index is 11.0. The highest BCUT2D eigenvalue weighted by atomic mass is 16.7. The van der Waals surface area contributed by atoms with E-state index in [1.54, 1.807) is 0 Å². The molecule has 0 unspecified atom stereocenters. The third-order valence-electron chi connectivity index (χ3n) is 6.41. The van der Waals surface area contributed by atoms with Crippen LogP contribution in [0.15, 0.2) is 0 Å². The molecule has 0 spiro atoms. The van der Waals surface area contributed by atoms with Crippen LogP contribution in [0.3, 0.4) is 0 Å². The summed E-state index contributed by atoms with van der Waals surface area (Å²) in [7, 11) is 0. The van der Waals surface area contributed by atoms with Crippen molar-refractivity contribution in [1.29, 1.82) is 0 Å². The van der Waals surface area contributed by atoms with Gasteiger partial charge in [-0.3, -0.25) is 0 Å². The lowest BCUT2D eigenvalue weighted by atomic mass is 9.84. The van der Waals surface area contributed by atoms with E-state index in [0.29, 0.717) is 0 Å². The van der Waals surface area contributed by atoms with Gasteiger partial charge in [-0.25, -0.2) is 0 Å². The summed E-state index contributed by atoms with van der Waals surface area (Å²) in [6.07, 6.45) is -10.8. The molecule has 0 amide bonds. The van der Waals surface area contributed by atoms with Gasteiger partial charge in [0, 0.05) is 18.6 Å². The minimum atomic E-state index is -1.44. The van der Waals surface area contributed by atoms with E-state index < -0.39 is 92.2 Å². The zero-order valence-corrected chi connectivity index (χ0v) is 17.7. The molecule has 0 bridgehead atoms. The number of aliphatic hydroxyl groups excluding tert-OH is 5. The number of nitrogens with two attached hydrogens (primary N) is 5. The lowest BCUT2D eigenvalue weighted by Gasteiger charge is -2.47. The molecule has 0 aromatic carbocycles. The highest BCUT2D eigenvalue weighted by molar-refractivity contribution is 5.01. The van der Waals surface area contributed by atoms with Gasteiger partial charge in [-0.2, -0.15) is 0 Å². The molecule has 14 nitrogen and oxygen atoms in total. The quantitative estimate of drug-likeness (QED) is 0.174. The van der Waals surface area contributed by atoms with Gasteiger partial charge in [0.15, 0.2) is 12.6 Å². The Morgan fingerprint density at radius 1 is 0.719 bits per heavy atom. The van der Waals surface area contributed by atoms with Crippen LogP contribution < -0.4 is 28.7 Å². The minimum absolute atomic E-state index is 0.0542. The predicted molar refractivity (Wildman–Crippen MR) is 108 cm³/mol. The van der Waals surface area contributed by atoms with E-state index in [-0.39, 0.29) is 19.4 Å². The Labute approximate surface area is 185 Å². The van der Waals surface area contributed by atoms with Gasteiger partial charge in [0.2, 0.25) is 0 Å². The van der Waals surface area contributed by atoms with Crippen molar-refractivity contribution in [3.8, 4) is 0 Å². The van der Waals surface area contributed by atoms with Crippen molar-refractivity contribution in [2.24, 2.45) is 28.7 Å². The van der Waals surface area contributed by atoms with Crippen molar-refractivity contribution in [1.82, 2.24) is 0 Å². The molecule has 2 heterocycles. The van der Waals surface area contributed by atoms with Crippen LogP contribution in [0.2, 0.25) is 0 Å². The zero-order chi connectivity index (χ0) is 23.7. The van der Waals surface area contributed by atoms with Crippen molar-refractivity contribution in [2.75, 3.05) is 13.2 Å². The fourth-order valence-electron chi connectivity index (χ4n) is 4.43. The first kappa shape index (κ1) is 26.1. The van der Waals surface area contributed by atoms with E-state index in [2.05, 4.69) is 0 Å². The number of hydrogen-bond donors (Lipinski definition) is 10. The molecule has 14 heteroatoms. The molecule has 3 fully saturated rings. The Balaban J connectivity index is 1.70. The molecule has 2 saturated heterocycles. The highest BCUT2D eigenvalue weighted by Crippen LogP contribution is 2.30.